The highest BCUT2D eigenvalue weighted by molar-refractivity contribution is 7.78. The summed E-state index contributed by atoms with van der Waals surface area (Å²) in [5, 5.41) is 0. The van der Waals surface area contributed by atoms with Crippen LogP contribution in [0.15, 0.2) is 60.7 Å². The number of ketones is 2. The van der Waals surface area contributed by atoms with Crippen LogP contribution in [0, 0.1) is 0 Å². The molecule has 0 bridgehead atoms. The third kappa shape index (κ3) is 5.03. The summed E-state index contributed by atoms with van der Waals surface area (Å²) in [7, 11) is 0. The molecule has 0 saturated carbocycles. The van der Waals surface area contributed by atoms with E-state index in [-0.39, 0.29) is 0 Å². The first-order valence-corrected chi connectivity index (χ1v) is 7.87. The van der Waals surface area contributed by atoms with Crippen LogP contribution in [0.3, 0.4) is 0 Å². The van der Waals surface area contributed by atoms with Crippen molar-refractivity contribution in [3.63, 3.8) is 0 Å². The smallest absolute Gasteiger partial charge is 0.218 e. The lowest BCUT2D eigenvalue weighted by molar-refractivity contribution is -0.138. The molecule has 0 amide bonds. The Morgan fingerprint density at radius 3 is 1.83 bits per heavy atom. The van der Waals surface area contributed by atoms with Gasteiger partial charge in [0, 0.05) is 0 Å². The lowest BCUT2D eigenvalue weighted by Gasteiger charge is -2.16. The molecule has 0 radical (unpaired) electrons. The van der Waals surface area contributed by atoms with Crippen molar-refractivity contribution in [1.29, 1.82) is 0 Å². The second kappa shape index (κ2) is 8.62. The third-order valence-corrected chi connectivity index (χ3v) is 3.94. The largest absolute Gasteiger partial charge is 0.321 e. The summed E-state index contributed by atoms with van der Waals surface area (Å²) in [5.41, 5.74) is 7.80. The van der Waals surface area contributed by atoms with E-state index in [1.807, 2.05) is 60.7 Å². The minimum absolute atomic E-state index is 0.343. The van der Waals surface area contributed by atoms with Crippen molar-refractivity contribution in [2.45, 2.75) is 24.9 Å². The Morgan fingerprint density at radius 1 is 0.870 bits per heavy atom. The second-order valence-electron chi connectivity index (χ2n) is 5.40. The van der Waals surface area contributed by atoms with Crippen LogP contribution in [0.5, 0.6) is 0 Å². The van der Waals surface area contributed by atoms with Crippen molar-refractivity contribution in [2.24, 2.45) is 5.73 Å². The van der Waals surface area contributed by atoms with E-state index in [1.165, 1.54) is 0 Å². The zero-order chi connectivity index (χ0) is 16.7. The normalized spacial score (nSPS) is 13.3. The second-order valence-corrected chi connectivity index (χ2v) is 5.65. The zero-order valence-electron chi connectivity index (χ0n) is 12.7. The van der Waals surface area contributed by atoms with E-state index < -0.39 is 23.7 Å². The minimum Gasteiger partial charge on any atom is -0.321 e. The lowest BCUT2D eigenvalue weighted by atomic mass is 9.95. The molecule has 2 atom stereocenters. The Kier molecular flexibility index (Phi) is 6.52. The van der Waals surface area contributed by atoms with Crippen LogP contribution >= 0.6 is 12.8 Å². The van der Waals surface area contributed by atoms with E-state index in [0.717, 1.165) is 11.1 Å². The van der Waals surface area contributed by atoms with E-state index in [2.05, 4.69) is 17.5 Å². The van der Waals surface area contributed by atoms with Gasteiger partial charge in [-0.25, -0.2) is 0 Å². The Labute approximate surface area is 141 Å². The Balaban J connectivity index is 2.00. The summed E-state index contributed by atoms with van der Waals surface area (Å²) < 4.78 is 2.62. The lowest BCUT2D eigenvalue weighted by Crippen LogP contribution is -2.46. The maximum atomic E-state index is 12.4. The molecule has 0 saturated heterocycles. The maximum Gasteiger partial charge on any atom is 0.218 e. The van der Waals surface area contributed by atoms with Gasteiger partial charge in [0.15, 0.2) is 0 Å². The monoisotopic (exact) mass is 328 g/mol. The van der Waals surface area contributed by atoms with Gasteiger partial charge < -0.3 is 5.73 Å². The number of Topliss-reactive ketones (excluding diaryl/α,β-unsaturated/α-hetero) is 2. The first kappa shape index (κ1) is 17.4. The van der Waals surface area contributed by atoms with Gasteiger partial charge in [-0.1, -0.05) is 73.5 Å². The number of carbonyl (C=O) groups excluding carboxylic acids is 2. The zero-order valence-corrected chi connectivity index (χ0v) is 13.6. The van der Waals surface area contributed by atoms with Crippen LogP contribution in [-0.4, -0.2) is 23.7 Å². The van der Waals surface area contributed by atoms with Crippen molar-refractivity contribution < 1.29 is 9.59 Å². The highest BCUT2D eigenvalue weighted by Crippen LogP contribution is 2.08. The number of nitrogens with two attached hydrogens (primary N) is 1. The molecule has 0 heterocycles. The predicted octanol–water partition coefficient (Wildman–Crippen LogP) is 1.74. The number of thiol groups is 1. The number of hydrogen-bond donors (Lipinski definition) is 3. The number of rotatable bonds is 8. The van der Waals surface area contributed by atoms with Gasteiger partial charge in [-0.3, -0.25) is 14.3 Å². The van der Waals surface area contributed by atoms with E-state index in [4.69, 9.17) is 5.73 Å². The molecule has 0 fully saturated rings. The van der Waals surface area contributed by atoms with Crippen LogP contribution in [0.4, 0.5) is 0 Å². The highest BCUT2D eigenvalue weighted by atomic mass is 32.1. The molecule has 0 spiro atoms. The van der Waals surface area contributed by atoms with Gasteiger partial charge >= 0.3 is 0 Å². The third-order valence-electron chi connectivity index (χ3n) is 3.63. The summed E-state index contributed by atoms with van der Waals surface area (Å²) in [6, 6.07) is 17.4. The van der Waals surface area contributed by atoms with Crippen molar-refractivity contribution in [3.05, 3.63) is 71.8 Å². The fraction of sp³-hybridized carbons (Fsp3) is 0.222. The first-order chi connectivity index (χ1) is 11.1. The van der Waals surface area contributed by atoms with Gasteiger partial charge in [0.25, 0.3) is 0 Å². The summed E-state index contributed by atoms with van der Waals surface area (Å²) in [4.78, 5) is 24.7. The summed E-state index contributed by atoms with van der Waals surface area (Å²) in [6.45, 7) is 0. The Hall–Kier alpha value is -1.95. The molecule has 0 aliphatic heterocycles. The fourth-order valence-corrected chi connectivity index (χ4v) is 2.57. The van der Waals surface area contributed by atoms with Gasteiger partial charge in [-0.15, -0.1) is 0 Å². The van der Waals surface area contributed by atoms with E-state index in [9.17, 15) is 9.59 Å². The summed E-state index contributed by atoms with van der Waals surface area (Å²) in [5.74, 6) is -1.11. The van der Waals surface area contributed by atoms with Crippen molar-refractivity contribution >= 4 is 24.4 Å². The average molecular weight is 328 g/mol. The average Bonchev–Trinajstić information content (AvgIpc) is 2.60. The van der Waals surface area contributed by atoms with Gasteiger partial charge in [0.1, 0.15) is 0 Å². The highest BCUT2D eigenvalue weighted by Gasteiger charge is 2.28. The SMILES string of the molecule is N[C@@H](Cc1ccccc1)C(=O)C(=O)[C@H](Cc1ccccc1)NS. The molecule has 4 nitrogen and oxygen atoms in total. The molecule has 2 aromatic carbocycles. The Bertz CT molecular complexity index is 647. The number of hydrogen-bond acceptors (Lipinski definition) is 5. The topological polar surface area (TPSA) is 72.2 Å². The predicted molar refractivity (Wildman–Crippen MR) is 94.2 cm³/mol. The summed E-state index contributed by atoms with van der Waals surface area (Å²) >= 11 is 3.98. The Morgan fingerprint density at radius 2 is 1.35 bits per heavy atom. The van der Waals surface area contributed by atoms with E-state index in [0.29, 0.717) is 12.8 Å². The van der Waals surface area contributed by atoms with Crippen molar-refractivity contribution in [3.8, 4) is 0 Å². The number of nitrogens with one attached hydrogen (secondary N) is 1. The van der Waals surface area contributed by atoms with Gasteiger partial charge in [0.05, 0.1) is 12.1 Å². The van der Waals surface area contributed by atoms with Gasteiger partial charge in [-0.2, -0.15) is 0 Å². The van der Waals surface area contributed by atoms with E-state index >= 15 is 0 Å². The quantitative estimate of drug-likeness (QED) is 0.510. The van der Waals surface area contributed by atoms with Crippen molar-refractivity contribution in [1.82, 2.24) is 4.72 Å². The molecule has 5 heteroatoms. The van der Waals surface area contributed by atoms with E-state index in [1.54, 1.807) is 0 Å². The molecule has 23 heavy (non-hydrogen) atoms. The molecule has 0 aliphatic rings. The molecule has 3 N–H and O–H groups in total. The standard InChI is InChI=1S/C18H20N2O2S/c19-15(11-13-7-3-1-4-8-13)17(21)18(22)16(20-23)12-14-9-5-2-6-10-14/h1-10,15-16,20,23H,11-12,19H2/t15-,16-/m0/s1. The minimum atomic E-state index is -0.843. The molecule has 2 rings (SSSR count). The molecule has 120 valence electrons. The molecule has 0 aliphatic carbocycles. The number of carbonyl (C=O) groups is 2. The van der Waals surface area contributed by atoms with Gasteiger partial charge in [0.2, 0.25) is 11.6 Å². The van der Waals surface area contributed by atoms with Crippen molar-refractivity contribution in [2.75, 3.05) is 0 Å². The fourth-order valence-electron chi connectivity index (χ4n) is 2.36. The number of benzene rings is 2. The first-order valence-electron chi connectivity index (χ1n) is 7.43. The summed E-state index contributed by atoms with van der Waals surface area (Å²) in [6.07, 6.45) is 0.739. The van der Waals surface area contributed by atoms with Crippen LogP contribution in [0.1, 0.15) is 11.1 Å². The molecule has 0 aromatic heterocycles. The molecule has 2 aromatic rings. The van der Waals surface area contributed by atoms with Gasteiger partial charge in [-0.05, 0) is 24.0 Å². The molecule has 0 unspecified atom stereocenters. The van der Waals surface area contributed by atoms with Crippen LogP contribution in [0.25, 0.3) is 0 Å². The molecular weight excluding hydrogens is 308 g/mol. The van der Waals surface area contributed by atoms with Crippen LogP contribution < -0.4 is 10.5 Å². The van der Waals surface area contributed by atoms with Crippen LogP contribution in [-0.2, 0) is 22.4 Å². The molecular formula is C18H20N2O2S. The maximum absolute atomic E-state index is 12.4. The van der Waals surface area contributed by atoms with Crippen LogP contribution in [0.2, 0.25) is 0 Å².